The van der Waals surface area contributed by atoms with Gasteiger partial charge in [-0.25, -0.2) is 14.8 Å². The summed E-state index contributed by atoms with van der Waals surface area (Å²) in [5.74, 6) is 0.107. The molecule has 0 spiro atoms. The van der Waals surface area contributed by atoms with E-state index in [0.29, 0.717) is 30.2 Å². The monoisotopic (exact) mass is 454 g/mol. The van der Waals surface area contributed by atoms with E-state index in [2.05, 4.69) is 21.1 Å². The van der Waals surface area contributed by atoms with E-state index in [9.17, 15) is 15.2 Å². The zero-order valence-electron chi connectivity index (χ0n) is 18.8. The lowest BCUT2D eigenvalue weighted by molar-refractivity contribution is 0.0535. The highest BCUT2D eigenvalue weighted by molar-refractivity contribution is 5.94. The van der Waals surface area contributed by atoms with Gasteiger partial charge in [0.25, 0.3) is 5.95 Å². The highest BCUT2D eigenvalue weighted by atomic mass is 16.5. The van der Waals surface area contributed by atoms with Gasteiger partial charge in [0.2, 0.25) is 0 Å². The maximum Gasteiger partial charge on any atom is 0.338 e. The minimum absolute atomic E-state index is 0.253. The number of hydrogen-bond acceptors (Lipinski definition) is 8. The van der Waals surface area contributed by atoms with Crippen molar-refractivity contribution in [3.05, 3.63) is 82.3 Å². The number of cyclic esters (lactones) is 1. The third kappa shape index (κ3) is 3.79. The van der Waals surface area contributed by atoms with Gasteiger partial charge in [-0.1, -0.05) is 12.1 Å². The Morgan fingerprint density at radius 3 is 2.79 bits per heavy atom. The molecule has 0 saturated heterocycles. The predicted molar refractivity (Wildman–Crippen MR) is 123 cm³/mol. The van der Waals surface area contributed by atoms with Crippen LogP contribution in [0.25, 0.3) is 16.9 Å². The fourth-order valence-electron chi connectivity index (χ4n) is 4.35. The highest BCUT2D eigenvalue weighted by Crippen LogP contribution is 2.29. The molecule has 1 aliphatic heterocycles. The third-order valence-corrected chi connectivity index (χ3v) is 6.12. The summed E-state index contributed by atoms with van der Waals surface area (Å²) in [7, 11) is 1.91. The lowest BCUT2D eigenvalue weighted by Crippen LogP contribution is -2.25. The molecular formula is C25H22N6O3. The summed E-state index contributed by atoms with van der Waals surface area (Å²) in [6.45, 7) is 3.10. The van der Waals surface area contributed by atoms with Crippen LogP contribution in [0.5, 0.6) is 0 Å². The Kier molecular flexibility index (Phi) is 5.53. The number of fused-ring (bicyclic) bond motifs is 2. The van der Waals surface area contributed by atoms with Crippen LogP contribution in [-0.4, -0.2) is 49.3 Å². The van der Waals surface area contributed by atoms with Gasteiger partial charge in [-0.3, -0.25) is 4.90 Å². The minimum atomic E-state index is -0.712. The van der Waals surface area contributed by atoms with Crippen molar-refractivity contribution < 1.29 is 14.6 Å². The molecule has 9 nitrogen and oxygen atoms in total. The van der Waals surface area contributed by atoms with Crippen LogP contribution in [0.4, 0.5) is 0 Å². The van der Waals surface area contributed by atoms with Crippen LogP contribution >= 0.6 is 0 Å². The fourth-order valence-corrected chi connectivity index (χ4v) is 4.35. The number of ether oxygens (including phenoxy) is 1. The normalized spacial score (nSPS) is 13.7. The smallest absolute Gasteiger partial charge is 0.338 e. The van der Waals surface area contributed by atoms with Gasteiger partial charge in [-0.05, 0) is 43.3 Å². The highest BCUT2D eigenvalue weighted by Gasteiger charge is 2.26. The number of carbonyl (C=O) groups excluding carboxylic acids is 1. The van der Waals surface area contributed by atoms with Crippen LogP contribution in [0.1, 0.15) is 44.3 Å². The summed E-state index contributed by atoms with van der Waals surface area (Å²) in [6.07, 6.45) is 4.40. The number of rotatable bonds is 6. The maximum absolute atomic E-state index is 11.7. The first-order chi connectivity index (χ1) is 16.5. The standard InChI is InChI=1S/C25H22N6O3/c1-15-18(6-7-19-21(15)14-34-24(19)33)23(32)13-30(2)12-16-9-27-25(28-10-16)31-22-5-3-4-17(8-26)20(22)11-29-31/h3-7,9-11,23,32H,12-14H2,1-2H3. The number of hydrogen-bond donors (Lipinski definition) is 1. The van der Waals surface area contributed by atoms with Crippen LogP contribution in [0.3, 0.4) is 0 Å². The Balaban J connectivity index is 1.28. The Hall–Kier alpha value is -4.13. The first kappa shape index (κ1) is 21.7. The van der Waals surface area contributed by atoms with E-state index >= 15 is 0 Å². The molecule has 0 amide bonds. The van der Waals surface area contributed by atoms with Crippen molar-refractivity contribution in [1.29, 1.82) is 5.26 Å². The Bertz CT molecular complexity index is 1440. The van der Waals surface area contributed by atoms with Crippen molar-refractivity contribution in [1.82, 2.24) is 24.6 Å². The van der Waals surface area contributed by atoms with Gasteiger partial charge in [-0.15, -0.1) is 0 Å². The zero-order chi connectivity index (χ0) is 23.8. The van der Waals surface area contributed by atoms with Crippen LogP contribution in [-0.2, 0) is 17.9 Å². The second-order valence-corrected chi connectivity index (χ2v) is 8.39. The van der Waals surface area contributed by atoms with Gasteiger partial charge in [-0.2, -0.15) is 15.0 Å². The SMILES string of the molecule is Cc1c(C(O)CN(C)Cc2cnc(-n3ncc4c(C#N)cccc43)nc2)ccc2c1COC2=O. The molecule has 2 aromatic heterocycles. The second kappa shape index (κ2) is 8.67. The summed E-state index contributed by atoms with van der Waals surface area (Å²) in [6, 6.07) is 11.1. The fraction of sp³-hybridized carbons (Fsp3) is 0.240. The molecule has 1 atom stereocenters. The average Bonchev–Trinajstić information content (AvgIpc) is 3.44. The van der Waals surface area contributed by atoms with E-state index in [1.165, 1.54) is 0 Å². The molecule has 34 heavy (non-hydrogen) atoms. The van der Waals surface area contributed by atoms with E-state index in [4.69, 9.17) is 4.74 Å². The van der Waals surface area contributed by atoms with E-state index < -0.39 is 6.10 Å². The average molecular weight is 454 g/mol. The Morgan fingerprint density at radius 1 is 1.24 bits per heavy atom. The lowest BCUT2D eigenvalue weighted by atomic mass is 9.95. The Morgan fingerprint density at radius 2 is 2.03 bits per heavy atom. The molecule has 0 bridgehead atoms. The van der Waals surface area contributed by atoms with Gasteiger partial charge in [0.1, 0.15) is 6.61 Å². The quantitative estimate of drug-likeness (QED) is 0.442. The molecule has 9 heteroatoms. The molecule has 0 saturated carbocycles. The van der Waals surface area contributed by atoms with Gasteiger partial charge >= 0.3 is 5.97 Å². The number of nitriles is 1. The van der Waals surface area contributed by atoms with Crippen molar-refractivity contribution in [2.75, 3.05) is 13.6 Å². The maximum atomic E-state index is 11.7. The van der Waals surface area contributed by atoms with Crippen LogP contribution < -0.4 is 0 Å². The van der Waals surface area contributed by atoms with Crippen molar-refractivity contribution in [2.45, 2.75) is 26.2 Å². The summed E-state index contributed by atoms with van der Waals surface area (Å²) in [4.78, 5) is 22.6. The van der Waals surface area contributed by atoms with Gasteiger partial charge < -0.3 is 9.84 Å². The first-order valence-corrected chi connectivity index (χ1v) is 10.8. The summed E-state index contributed by atoms with van der Waals surface area (Å²) in [5, 5.41) is 25.2. The molecule has 0 radical (unpaired) electrons. The molecule has 1 N–H and O–H groups in total. The topological polar surface area (TPSA) is 117 Å². The van der Waals surface area contributed by atoms with Crippen LogP contribution in [0, 0.1) is 18.3 Å². The molecule has 170 valence electrons. The molecule has 2 aromatic carbocycles. The number of carbonyl (C=O) groups is 1. The van der Waals surface area contributed by atoms with Gasteiger partial charge in [0.15, 0.2) is 0 Å². The van der Waals surface area contributed by atoms with E-state index in [0.717, 1.165) is 33.2 Å². The van der Waals surface area contributed by atoms with E-state index in [-0.39, 0.29) is 12.6 Å². The van der Waals surface area contributed by atoms with Crippen molar-refractivity contribution in [2.24, 2.45) is 0 Å². The molecule has 1 unspecified atom stereocenters. The van der Waals surface area contributed by atoms with Crippen molar-refractivity contribution >= 4 is 16.9 Å². The minimum Gasteiger partial charge on any atom is -0.457 e. The number of aliphatic hydroxyl groups is 1. The number of esters is 1. The third-order valence-electron chi connectivity index (χ3n) is 6.12. The summed E-state index contributed by atoms with van der Waals surface area (Å²) >= 11 is 0. The largest absolute Gasteiger partial charge is 0.457 e. The number of aliphatic hydroxyl groups excluding tert-OH is 1. The van der Waals surface area contributed by atoms with Crippen LogP contribution in [0.2, 0.25) is 0 Å². The molecule has 0 fully saturated rings. The summed E-state index contributed by atoms with van der Waals surface area (Å²) in [5.41, 5.74) is 5.31. The summed E-state index contributed by atoms with van der Waals surface area (Å²) < 4.78 is 6.71. The molecular weight excluding hydrogens is 432 g/mol. The molecule has 0 aliphatic carbocycles. The lowest BCUT2D eigenvalue weighted by Gasteiger charge is -2.22. The second-order valence-electron chi connectivity index (χ2n) is 8.39. The van der Waals surface area contributed by atoms with Crippen molar-refractivity contribution in [3.63, 3.8) is 0 Å². The molecule has 4 aromatic rings. The predicted octanol–water partition coefficient (Wildman–Crippen LogP) is 2.83. The zero-order valence-corrected chi connectivity index (χ0v) is 18.8. The number of nitrogens with zero attached hydrogens (tertiary/aromatic N) is 6. The number of benzene rings is 2. The first-order valence-electron chi connectivity index (χ1n) is 10.8. The molecule has 3 heterocycles. The number of likely N-dealkylation sites (N-methyl/N-ethyl adjacent to an activating group) is 1. The molecule has 1 aliphatic rings. The molecule has 5 rings (SSSR count). The van der Waals surface area contributed by atoms with E-state index in [1.54, 1.807) is 47.5 Å². The van der Waals surface area contributed by atoms with Gasteiger partial charge in [0.05, 0.1) is 35.0 Å². The van der Waals surface area contributed by atoms with Crippen molar-refractivity contribution in [3.8, 4) is 12.0 Å². The van der Waals surface area contributed by atoms with E-state index in [1.807, 2.05) is 24.9 Å². The van der Waals surface area contributed by atoms with Gasteiger partial charge in [0, 0.05) is 42.0 Å². The van der Waals surface area contributed by atoms with Crippen LogP contribution in [0.15, 0.2) is 48.9 Å². The number of aromatic nitrogens is 4. The Labute approximate surface area is 195 Å².